The van der Waals surface area contributed by atoms with Crippen LogP contribution >= 0.6 is 47.0 Å². The van der Waals surface area contributed by atoms with Crippen molar-refractivity contribution in [2.24, 2.45) is 0 Å². The van der Waals surface area contributed by atoms with Gasteiger partial charge in [-0.25, -0.2) is 4.98 Å². The average Bonchev–Trinajstić information content (AvgIpc) is 2.36. The topological polar surface area (TPSA) is 37.0 Å². The Hall–Kier alpha value is -1.07. The SMILES string of the molecule is S=C(Nc1ccc(Cl)cn1)Nc1ccc(Cl)cc1Cl. The third-order valence-electron chi connectivity index (χ3n) is 2.15. The minimum Gasteiger partial charge on any atom is -0.331 e. The molecule has 2 rings (SSSR count). The van der Waals surface area contributed by atoms with Crippen molar-refractivity contribution < 1.29 is 0 Å². The molecule has 0 bridgehead atoms. The van der Waals surface area contributed by atoms with Gasteiger partial charge in [-0.15, -0.1) is 0 Å². The molecular formula is C12H8Cl3N3S. The normalized spacial score (nSPS) is 10.1. The summed E-state index contributed by atoms with van der Waals surface area (Å²) in [5, 5.41) is 7.86. The van der Waals surface area contributed by atoms with Gasteiger partial charge in [0.2, 0.25) is 0 Å². The molecule has 98 valence electrons. The predicted molar refractivity (Wildman–Crippen MR) is 85.6 cm³/mol. The predicted octanol–water partition coefficient (Wildman–Crippen LogP) is 4.85. The number of pyridine rings is 1. The van der Waals surface area contributed by atoms with Crippen molar-refractivity contribution in [3.8, 4) is 0 Å². The molecule has 0 aliphatic heterocycles. The highest BCUT2D eigenvalue weighted by atomic mass is 35.5. The molecule has 2 N–H and O–H groups in total. The van der Waals surface area contributed by atoms with E-state index in [1.54, 1.807) is 30.3 Å². The van der Waals surface area contributed by atoms with Gasteiger partial charge in [-0.2, -0.15) is 0 Å². The maximum Gasteiger partial charge on any atom is 0.176 e. The molecule has 2 aromatic rings. The third kappa shape index (κ3) is 4.21. The Morgan fingerprint density at radius 2 is 1.74 bits per heavy atom. The average molecular weight is 333 g/mol. The quantitative estimate of drug-likeness (QED) is 0.771. The number of anilines is 2. The van der Waals surface area contributed by atoms with Crippen LogP contribution in [0.3, 0.4) is 0 Å². The maximum atomic E-state index is 6.03. The Morgan fingerprint density at radius 3 is 2.37 bits per heavy atom. The second-order valence-electron chi connectivity index (χ2n) is 3.56. The number of nitrogens with one attached hydrogen (secondary N) is 2. The monoisotopic (exact) mass is 331 g/mol. The Labute approximate surface area is 130 Å². The lowest BCUT2D eigenvalue weighted by molar-refractivity contribution is 1.32. The van der Waals surface area contributed by atoms with E-state index >= 15 is 0 Å². The fourth-order valence-electron chi connectivity index (χ4n) is 1.31. The van der Waals surface area contributed by atoms with Crippen LogP contribution in [0.1, 0.15) is 0 Å². The molecule has 1 heterocycles. The number of halogens is 3. The lowest BCUT2D eigenvalue weighted by Crippen LogP contribution is -2.19. The summed E-state index contributed by atoms with van der Waals surface area (Å²) in [4.78, 5) is 4.07. The van der Waals surface area contributed by atoms with Gasteiger partial charge in [-0.05, 0) is 42.5 Å². The van der Waals surface area contributed by atoms with E-state index in [1.807, 2.05) is 0 Å². The van der Waals surface area contributed by atoms with Crippen molar-refractivity contribution in [2.75, 3.05) is 10.6 Å². The van der Waals surface area contributed by atoms with Gasteiger partial charge in [-0.1, -0.05) is 34.8 Å². The molecule has 1 aromatic carbocycles. The molecule has 19 heavy (non-hydrogen) atoms. The van der Waals surface area contributed by atoms with E-state index in [0.29, 0.717) is 31.7 Å². The lowest BCUT2D eigenvalue weighted by atomic mass is 10.3. The van der Waals surface area contributed by atoms with E-state index < -0.39 is 0 Å². The fraction of sp³-hybridized carbons (Fsp3) is 0. The number of hydrogen-bond acceptors (Lipinski definition) is 2. The smallest absolute Gasteiger partial charge is 0.176 e. The van der Waals surface area contributed by atoms with Crippen LogP contribution in [0, 0.1) is 0 Å². The molecule has 0 fully saturated rings. The highest BCUT2D eigenvalue weighted by Gasteiger charge is 2.04. The first-order valence-corrected chi connectivity index (χ1v) is 6.73. The Balaban J connectivity index is 2.03. The molecule has 1 aromatic heterocycles. The summed E-state index contributed by atoms with van der Waals surface area (Å²) >= 11 is 22.7. The van der Waals surface area contributed by atoms with Crippen LogP contribution in [-0.4, -0.2) is 10.1 Å². The zero-order valence-electron chi connectivity index (χ0n) is 9.45. The molecule has 0 amide bonds. The zero-order chi connectivity index (χ0) is 13.8. The van der Waals surface area contributed by atoms with Gasteiger partial charge >= 0.3 is 0 Å². The van der Waals surface area contributed by atoms with Crippen LogP contribution in [0.25, 0.3) is 0 Å². The van der Waals surface area contributed by atoms with E-state index in [1.165, 1.54) is 6.20 Å². The number of rotatable bonds is 2. The molecular weight excluding hydrogens is 325 g/mol. The molecule has 0 aliphatic rings. The first-order valence-electron chi connectivity index (χ1n) is 5.19. The van der Waals surface area contributed by atoms with Crippen molar-refractivity contribution in [2.45, 2.75) is 0 Å². The first-order chi connectivity index (χ1) is 9.04. The van der Waals surface area contributed by atoms with Crippen LogP contribution in [0.15, 0.2) is 36.5 Å². The molecule has 0 saturated heterocycles. The summed E-state index contributed by atoms with van der Waals surface area (Å²) in [5.74, 6) is 0.590. The standard InChI is InChI=1S/C12H8Cl3N3S/c13-7-1-3-10(9(15)5-7)17-12(19)18-11-4-2-8(14)6-16-11/h1-6H,(H2,16,17,18,19). The molecule has 0 atom stereocenters. The van der Waals surface area contributed by atoms with Crippen molar-refractivity contribution in [3.63, 3.8) is 0 Å². The third-order valence-corrected chi connectivity index (χ3v) is 3.12. The highest BCUT2D eigenvalue weighted by Crippen LogP contribution is 2.25. The van der Waals surface area contributed by atoms with Crippen molar-refractivity contribution in [1.29, 1.82) is 0 Å². The summed E-state index contributed by atoms with van der Waals surface area (Å²) in [7, 11) is 0. The molecule has 0 unspecified atom stereocenters. The number of nitrogens with zero attached hydrogens (tertiary/aromatic N) is 1. The van der Waals surface area contributed by atoms with Crippen LogP contribution in [0.5, 0.6) is 0 Å². The second-order valence-corrected chi connectivity index (χ2v) is 5.25. The lowest BCUT2D eigenvalue weighted by Gasteiger charge is -2.11. The number of aromatic nitrogens is 1. The first kappa shape index (κ1) is 14.3. The van der Waals surface area contributed by atoms with E-state index in [4.69, 9.17) is 47.0 Å². The minimum absolute atomic E-state index is 0.374. The summed E-state index contributed by atoms with van der Waals surface area (Å²) < 4.78 is 0. The Bertz CT molecular complexity index is 602. The van der Waals surface area contributed by atoms with E-state index in [9.17, 15) is 0 Å². The van der Waals surface area contributed by atoms with Crippen molar-refractivity contribution in [3.05, 3.63) is 51.6 Å². The molecule has 7 heteroatoms. The Kier molecular flexibility index (Phi) is 4.82. The van der Waals surface area contributed by atoms with Crippen LogP contribution in [0.2, 0.25) is 15.1 Å². The summed E-state index contributed by atoms with van der Waals surface area (Å²) in [6.07, 6.45) is 1.53. The fourth-order valence-corrected chi connectivity index (χ4v) is 2.09. The molecule has 0 spiro atoms. The zero-order valence-corrected chi connectivity index (χ0v) is 12.5. The second kappa shape index (κ2) is 6.39. The van der Waals surface area contributed by atoms with E-state index in [0.717, 1.165) is 0 Å². The number of benzene rings is 1. The summed E-state index contributed by atoms with van der Waals surface area (Å²) in [5.41, 5.74) is 0.664. The van der Waals surface area contributed by atoms with Crippen LogP contribution in [0.4, 0.5) is 11.5 Å². The van der Waals surface area contributed by atoms with Gasteiger partial charge in [0, 0.05) is 11.2 Å². The minimum atomic E-state index is 0.374. The molecule has 0 radical (unpaired) electrons. The van der Waals surface area contributed by atoms with E-state index in [-0.39, 0.29) is 0 Å². The Morgan fingerprint density at radius 1 is 1.00 bits per heavy atom. The van der Waals surface area contributed by atoms with Crippen LogP contribution < -0.4 is 10.6 Å². The van der Waals surface area contributed by atoms with Gasteiger partial charge in [0.15, 0.2) is 5.11 Å². The van der Waals surface area contributed by atoms with E-state index in [2.05, 4.69) is 15.6 Å². The van der Waals surface area contributed by atoms with Gasteiger partial charge in [0.25, 0.3) is 0 Å². The van der Waals surface area contributed by atoms with Crippen molar-refractivity contribution >= 4 is 63.6 Å². The van der Waals surface area contributed by atoms with Crippen molar-refractivity contribution in [1.82, 2.24) is 4.98 Å². The number of hydrogen-bond donors (Lipinski definition) is 2. The van der Waals surface area contributed by atoms with Gasteiger partial charge in [0.1, 0.15) is 5.82 Å². The summed E-state index contributed by atoms with van der Waals surface area (Å²) in [6.45, 7) is 0. The van der Waals surface area contributed by atoms with Gasteiger partial charge in [0.05, 0.1) is 15.7 Å². The molecule has 0 saturated carbocycles. The maximum absolute atomic E-state index is 6.03. The highest BCUT2D eigenvalue weighted by molar-refractivity contribution is 7.80. The summed E-state index contributed by atoms with van der Waals surface area (Å²) in [6, 6.07) is 8.54. The molecule has 0 aliphatic carbocycles. The van der Waals surface area contributed by atoms with Crippen LogP contribution in [-0.2, 0) is 0 Å². The number of thiocarbonyl (C=S) groups is 1. The molecule has 3 nitrogen and oxygen atoms in total. The van der Waals surface area contributed by atoms with Gasteiger partial charge in [-0.3, -0.25) is 0 Å². The largest absolute Gasteiger partial charge is 0.331 e. The van der Waals surface area contributed by atoms with Gasteiger partial charge < -0.3 is 10.6 Å².